The molecule has 0 N–H and O–H groups in total. The molecule has 0 aliphatic heterocycles. The molecule has 0 spiro atoms. The van der Waals surface area contributed by atoms with Crippen molar-refractivity contribution in [1.82, 2.24) is 0 Å². The summed E-state index contributed by atoms with van der Waals surface area (Å²) in [6.07, 6.45) is 70.7. The molecule has 0 bridgehead atoms. The maximum atomic E-state index is 12.8. The topological polar surface area (TPSA) is 78.9 Å². The summed E-state index contributed by atoms with van der Waals surface area (Å²) < 4.78 is 16.8. The van der Waals surface area contributed by atoms with Gasteiger partial charge in [0.2, 0.25) is 0 Å². The van der Waals surface area contributed by atoms with Gasteiger partial charge in [-0.05, 0) is 64.2 Å². The molecular formula is C64H120O6. The minimum Gasteiger partial charge on any atom is -0.462 e. The molecule has 0 heterocycles. The summed E-state index contributed by atoms with van der Waals surface area (Å²) >= 11 is 0. The molecule has 0 aromatic heterocycles. The number of carbonyl (C=O) groups is 3. The monoisotopic (exact) mass is 985 g/mol. The fraction of sp³-hybridized carbons (Fsp3) is 0.891. The van der Waals surface area contributed by atoms with Crippen LogP contribution in [-0.2, 0) is 28.6 Å². The Hall–Kier alpha value is -2.11. The summed E-state index contributed by atoms with van der Waals surface area (Å²) in [5.74, 6) is -0.874. The first kappa shape index (κ1) is 67.9. The highest BCUT2D eigenvalue weighted by molar-refractivity contribution is 5.71. The molecule has 412 valence electrons. The lowest BCUT2D eigenvalue weighted by atomic mass is 10.0. The van der Waals surface area contributed by atoms with Crippen LogP contribution in [0.15, 0.2) is 24.3 Å². The van der Waals surface area contributed by atoms with Gasteiger partial charge in [-0.15, -0.1) is 0 Å². The molecule has 0 aliphatic carbocycles. The number of unbranched alkanes of at least 4 members (excludes halogenated alkanes) is 43. The van der Waals surface area contributed by atoms with Crippen molar-refractivity contribution in [3.63, 3.8) is 0 Å². The first-order valence-electron chi connectivity index (χ1n) is 31.3. The fourth-order valence-electron chi connectivity index (χ4n) is 9.42. The van der Waals surface area contributed by atoms with E-state index in [1.54, 1.807) is 0 Å². The number of ether oxygens (including phenoxy) is 3. The number of rotatable bonds is 58. The van der Waals surface area contributed by atoms with E-state index in [4.69, 9.17) is 14.2 Å². The molecule has 1 unspecified atom stereocenters. The summed E-state index contributed by atoms with van der Waals surface area (Å²) in [5, 5.41) is 0. The van der Waals surface area contributed by atoms with Crippen molar-refractivity contribution in [3.05, 3.63) is 24.3 Å². The molecular weight excluding hydrogens is 865 g/mol. The lowest BCUT2D eigenvalue weighted by molar-refractivity contribution is -0.167. The van der Waals surface area contributed by atoms with Crippen molar-refractivity contribution in [1.29, 1.82) is 0 Å². The Morgan fingerprint density at radius 3 is 0.786 bits per heavy atom. The van der Waals surface area contributed by atoms with Crippen molar-refractivity contribution < 1.29 is 28.6 Å². The molecule has 0 rings (SSSR count). The normalized spacial score (nSPS) is 12.1. The highest BCUT2D eigenvalue weighted by Gasteiger charge is 2.19. The zero-order chi connectivity index (χ0) is 50.7. The summed E-state index contributed by atoms with van der Waals surface area (Å²) in [4.78, 5) is 38.1. The van der Waals surface area contributed by atoms with E-state index in [1.165, 1.54) is 238 Å². The van der Waals surface area contributed by atoms with E-state index in [0.29, 0.717) is 19.3 Å². The van der Waals surface area contributed by atoms with Gasteiger partial charge in [-0.3, -0.25) is 14.4 Å². The highest BCUT2D eigenvalue weighted by atomic mass is 16.6. The summed E-state index contributed by atoms with van der Waals surface area (Å²) in [6, 6.07) is 0. The van der Waals surface area contributed by atoms with Gasteiger partial charge >= 0.3 is 17.9 Å². The van der Waals surface area contributed by atoms with Crippen molar-refractivity contribution in [2.45, 2.75) is 354 Å². The smallest absolute Gasteiger partial charge is 0.306 e. The average Bonchev–Trinajstić information content (AvgIpc) is 3.36. The van der Waals surface area contributed by atoms with Gasteiger partial charge in [0.25, 0.3) is 0 Å². The van der Waals surface area contributed by atoms with Crippen LogP contribution in [0.2, 0.25) is 0 Å². The van der Waals surface area contributed by atoms with E-state index < -0.39 is 6.10 Å². The zero-order valence-corrected chi connectivity index (χ0v) is 47.3. The SMILES string of the molecule is CCCC/C=C\CCCCCCCC(=O)OCC(COC(=O)CCCCCCCCCCCCCCCCCCCCCCCCCCCCCCC)OC(=O)CCCCCCC/C=C\CCCCC. The van der Waals surface area contributed by atoms with Gasteiger partial charge in [0, 0.05) is 19.3 Å². The first-order valence-corrected chi connectivity index (χ1v) is 31.3. The summed E-state index contributed by atoms with van der Waals surface area (Å²) in [5.41, 5.74) is 0. The molecule has 0 amide bonds. The van der Waals surface area contributed by atoms with Gasteiger partial charge in [-0.25, -0.2) is 0 Å². The van der Waals surface area contributed by atoms with Crippen molar-refractivity contribution >= 4 is 17.9 Å². The molecule has 0 fully saturated rings. The maximum absolute atomic E-state index is 12.8. The largest absolute Gasteiger partial charge is 0.462 e. The van der Waals surface area contributed by atoms with Crippen molar-refractivity contribution in [2.24, 2.45) is 0 Å². The zero-order valence-electron chi connectivity index (χ0n) is 47.3. The van der Waals surface area contributed by atoms with Crippen LogP contribution in [0.4, 0.5) is 0 Å². The predicted octanol–water partition coefficient (Wildman–Crippen LogP) is 21.1. The van der Waals surface area contributed by atoms with E-state index in [1.807, 2.05) is 0 Å². The van der Waals surface area contributed by atoms with E-state index in [-0.39, 0.29) is 31.1 Å². The third kappa shape index (κ3) is 56.8. The minimum atomic E-state index is -0.775. The number of hydrogen-bond acceptors (Lipinski definition) is 6. The molecule has 6 heteroatoms. The van der Waals surface area contributed by atoms with E-state index in [2.05, 4.69) is 45.1 Å². The number of esters is 3. The van der Waals surface area contributed by atoms with Crippen LogP contribution < -0.4 is 0 Å². The van der Waals surface area contributed by atoms with Gasteiger partial charge in [0.15, 0.2) is 6.10 Å². The van der Waals surface area contributed by atoms with Crippen molar-refractivity contribution in [2.75, 3.05) is 13.2 Å². The number of carbonyl (C=O) groups excluding carboxylic acids is 3. The lowest BCUT2D eigenvalue weighted by Gasteiger charge is -2.18. The Balaban J connectivity index is 4.05. The average molecular weight is 986 g/mol. The van der Waals surface area contributed by atoms with Gasteiger partial charge < -0.3 is 14.2 Å². The van der Waals surface area contributed by atoms with E-state index in [9.17, 15) is 14.4 Å². The Kier molecular flexibility index (Phi) is 57.7. The first-order chi connectivity index (χ1) is 34.5. The molecule has 0 radical (unpaired) electrons. The van der Waals surface area contributed by atoms with E-state index in [0.717, 1.165) is 70.6 Å². The second-order valence-corrected chi connectivity index (χ2v) is 21.3. The minimum absolute atomic E-state index is 0.0731. The summed E-state index contributed by atoms with van der Waals surface area (Å²) in [6.45, 7) is 6.61. The Labute approximate surface area is 436 Å². The van der Waals surface area contributed by atoms with Gasteiger partial charge in [0.05, 0.1) is 0 Å². The predicted molar refractivity (Wildman–Crippen MR) is 303 cm³/mol. The second kappa shape index (κ2) is 59.5. The van der Waals surface area contributed by atoms with Crippen LogP contribution in [0.1, 0.15) is 348 Å². The van der Waals surface area contributed by atoms with Gasteiger partial charge in [-0.1, -0.05) is 289 Å². The Morgan fingerprint density at radius 1 is 0.271 bits per heavy atom. The molecule has 0 saturated carbocycles. The van der Waals surface area contributed by atoms with Crippen molar-refractivity contribution in [3.8, 4) is 0 Å². The second-order valence-electron chi connectivity index (χ2n) is 21.3. The highest BCUT2D eigenvalue weighted by Crippen LogP contribution is 2.18. The van der Waals surface area contributed by atoms with Crippen LogP contribution in [-0.4, -0.2) is 37.2 Å². The summed E-state index contributed by atoms with van der Waals surface area (Å²) in [7, 11) is 0. The van der Waals surface area contributed by atoms with Gasteiger partial charge in [-0.2, -0.15) is 0 Å². The number of hydrogen-bond donors (Lipinski definition) is 0. The van der Waals surface area contributed by atoms with Crippen LogP contribution in [0.3, 0.4) is 0 Å². The molecule has 0 saturated heterocycles. The molecule has 0 aromatic rings. The van der Waals surface area contributed by atoms with E-state index >= 15 is 0 Å². The quantitative estimate of drug-likeness (QED) is 0.0261. The standard InChI is InChI=1S/C64H120O6/c1-4-7-10-13-16-19-22-24-25-26-27-28-29-30-31-32-33-34-35-36-37-38-39-40-43-45-48-51-54-57-63(66)69-60-61(59-68-62(65)56-53-50-47-44-41-21-18-15-12-9-6-3)70-64(67)58-55-52-49-46-42-23-20-17-14-11-8-5-2/h15,17-18,20,61H,4-14,16,19,21-60H2,1-3H3/b18-15-,20-17-. The molecule has 6 nitrogen and oxygen atoms in total. The fourth-order valence-corrected chi connectivity index (χ4v) is 9.42. The van der Waals surface area contributed by atoms with Gasteiger partial charge in [0.1, 0.15) is 13.2 Å². The molecule has 1 atom stereocenters. The number of allylic oxidation sites excluding steroid dienone is 4. The molecule has 0 aliphatic rings. The Bertz CT molecular complexity index is 1130. The third-order valence-electron chi connectivity index (χ3n) is 14.2. The lowest BCUT2D eigenvalue weighted by Crippen LogP contribution is -2.30. The van der Waals surface area contributed by atoms with Crippen LogP contribution in [0.5, 0.6) is 0 Å². The Morgan fingerprint density at radius 2 is 0.486 bits per heavy atom. The van der Waals surface area contributed by atoms with Crippen LogP contribution >= 0.6 is 0 Å². The third-order valence-corrected chi connectivity index (χ3v) is 14.2. The van der Waals surface area contributed by atoms with Crippen LogP contribution in [0, 0.1) is 0 Å². The maximum Gasteiger partial charge on any atom is 0.306 e. The molecule has 70 heavy (non-hydrogen) atoms. The molecule has 0 aromatic carbocycles. The van der Waals surface area contributed by atoms with Crippen LogP contribution in [0.25, 0.3) is 0 Å².